The number of ether oxygens (including phenoxy) is 1. The normalized spacial score (nSPS) is 20.2. The Hall–Kier alpha value is -1.59. The number of hydrogen-bond donors (Lipinski definition) is 0. The number of fused-ring (bicyclic) bond motifs is 1. The molecule has 142 valence electrons. The molecule has 2 heterocycles. The van der Waals surface area contributed by atoms with Gasteiger partial charge in [-0.1, -0.05) is 37.3 Å². The Labute approximate surface area is 169 Å². The second-order valence-electron chi connectivity index (χ2n) is 7.08. The van der Waals surface area contributed by atoms with Crippen LogP contribution in [0.25, 0.3) is 0 Å². The van der Waals surface area contributed by atoms with Crippen LogP contribution in [0.1, 0.15) is 41.4 Å². The zero-order valence-electron chi connectivity index (χ0n) is 15.6. The van der Waals surface area contributed by atoms with E-state index in [9.17, 15) is 4.79 Å². The van der Waals surface area contributed by atoms with E-state index in [1.807, 2.05) is 58.8 Å². The highest BCUT2D eigenvalue weighted by Crippen LogP contribution is 2.43. The average molecular weight is 400 g/mol. The van der Waals surface area contributed by atoms with Gasteiger partial charge in [-0.05, 0) is 59.6 Å². The smallest absolute Gasteiger partial charge is 0.264 e. The fourth-order valence-electron chi connectivity index (χ4n) is 3.63. The summed E-state index contributed by atoms with van der Waals surface area (Å²) < 4.78 is 6.33. The molecule has 2 aliphatic rings. The number of nitrogens with zero attached hydrogens (tertiary/aromatic N) is 1. The lowest BCUT2D eigenvalue weighted by molar-refractivity contribution is -0.120. The molecule has 27 heavy (non-hydrogen) atoms. The van der Waals surface area contributed by atoms with Gasteiger partial charge >= 0.3 is 0 Å². The molecular formula is C22H25NO2S2. The number of para-hydroxylation sites is 1. The number of carbonyl (C=O) groups is 1. The van der Waals surface area contributed by atoms with Crippen molar-refractivity contribution in [3.05, 3.63) is 59.7 Å². The summed E-state index contributed by atoms with van der Waals surface area (Å²) in [4.78, 5) is 14.6. The maximum absolute atomic E-state index is 12.7. The summed E-state index contributed by atoms with van der Waals surface area (Å²) in [6.07, 6.45) is 2.29. The molecule has 0 saturated carbocycles. The Bertz CT molecular complexity index is 787. The maximum Gasteiger partial charge on any atom is 0.264 e. The molecule has 0 aliphatic carbocycles. The average Bonchev–Trinajstić information content (AvgIpc) is 2.73. The van der Waals surface area contributed by atoms with Gasteiger partial charge in [-0.3, -0.25) is 4.79 Å². The fourth-order valence-corrected chi connectivity index (χ4v) is 6.53. The van der Waals surface area contributed by atoms with Gasteiger partial charge in [-0.25, -0.2) is 0 Å². The van der Waals surface area contributed by atoms with Gasteiger partial charge < -0.3 is 9.64 Å². The number of thioether (sulfide) groups is 2. The molecule has 2 aromatic carbocycles. The van der Waals surface area contributed by atoms with Crippen LogP contribution in [-0.2, 0) is 4.79 Å². The van der Waals surface area contributed by atoms with Gasteiger partial charge in [0.15, 0.2) is 6.61 Å². The van der Waals surface area contributed by atoms with E-state index in [1.165, 1.54) is 29.1 Å². The molecule has 1 amide bonds. The van der Waals surface area contributed by atoms with Gasteiger partial charge in [-0.2, -0.15) is 0 Å². The summed E-state index contributed by atoms with van der Waals surface area (Å²) in [5, 5.41) is 0. The molecule has 0 spiro atoms. The summed E-state index contributed by atoms with van der Waals surface area (Å²) in [5.41, 5.74) is 3.62. The predicted molar refractivity (Wildman–Crippen MR) is 116 cm³/mol. The number of hydrogen-bond acceptors (Lipinski definition) is 4. The first kappa shape index (κ1) is 18.8. The standard InChI is InChI=1S/C22H25NO2S2/c1-16-11-12-23(20-6-3-2-5-19(16)20)21(24)15-25-18-9-7-17(8-10-18)22-26-13-4-14-27-22/h2-3,5-10,16,22H,4,11-15H2,1H3. The molecule has 0 radical (unpaired) electrons. The SMILES string of the molecule is CC1CCN(C(=O)COc2ccc(C3SCCCS3)cc2)c2ccccc21. The topological polar surface area (TPSA) is 29.5 Å². The van der Waals surface area contributed by atoms with Gasteiger partial charge in [0.2, 0.25) is 0 Å². The highest BCUT2D eigenvalue weighted by Gasteiger charge is 2.26. The molecule has 1 saturated heterocycles. The number of amides is 1. The monoisotopic (exact) mass is 399 g/mol. The Balaban J connectivity index is 1.37. The fraction of sp³-hybridized carbons (Fsp3) is 0.409. The van der Waals surface area contributed by atoms with E-state index >= 15 is 0 Å². The predicted octanol–water partition coefficient (Wildman–Crippen LogP) is 5.47. The molecular weight excluding hydrogens is 374 g/mol. The number of rotatable bonds is 4. The summed E-state index contributed by atoms with van der Waals surface area (Å²) >= 11 is 4.03. The lowest BCUT2D eigenvalue weighted by atomic mass is 9.91. The second kappa shape index (κ2) is 8.61. The highest BCUT2D eigenvalue weighted by molar-refractivity contribution is 8.16. The molecule has 0 bridgehead atoms. The van der Waals surface area contributed by atoms with Crippen molar-refractivity contribution in [1.82, 2.24) is 0 Å². The zero-order chi connectivity index (χ0) is 18.6. The third-order valence-electron chi connectivity index (χ3n) is 5.19. The lowest BCUT2D eigenvalue weighted by Gasteiger charge is -2.32. The Morgan fingerprint density at radius 2 is 1.85 bits per heavy atom. The van der Waals surface area contributed by atoms with E-state index in [0.717, 1.165) is 24.4 Å². The number of benzene rings is 2. The molecule has 2 aliphatic heterocycles. The van der Waals surface area contributed by atoms with E-state index < -0.39 is 0 Å². The van der Waals surface area contributed by atoms with Crippen LogP contribution in [0.2, 0.25) is 0 Å². The van der Waals surface area contributed by atoms with E-state index in [-0.39, 0.29) is 12.5 Å². The Kier molecular flexibility index (Phi) is 5.98. The lowest BCUT2D eigenvalue weighted by Crippen LogP contribution is -2.39. The Morgan fingerprint density at radius 3 is 2.63 bits per heavy atom. The first-order valence-corrected chi connectivity index (χ1v) is 11.7. The molecule has 4 rings (SSSR count). The van der Waals surface area contributed by atoms with Crippen LogP contribution >= 0.6 is 23.5 Å². The quantitative estimate of drug-likeness (QED) is 0.681. The minimum Gasteiger partial charge on any atom is -0.484 e. The third-order valence-corrected chi connectivity index (χ3v) is 8.20. The van der Waals surface area contributed by atoms with Gasteiger partial charge in [-0.15, -0.1) is 23.5 Å². The van der Waals surface area contributed by atoms with Crippen molar-refractivity contribution < 1.29 is 9.53 Å². The van der Waals surface area contributed by atoms with Crippen molar-refractivity contribution in [2.24, 2.45) is 0 Å². The van der Waals surface area contributed by atoms with Crippen molar-refractivity contribution in [1.29, 1.82) is 0 Å². The second-order valence-corrected chi connectivity index (χ2v) is 9.80. The van der Waals surface area contributed by atoms with Crippen molar-refractivity contribution >= 4 is 35.1 Å². The summed E-state index contributed by atoms with van der Waals surface area (Å²) in [5.74, 6) is 3.75. The number of anilines is 1. The van der Waals surface area contributed by atoms with Crippen LogP contribution in [0.4, 0.5) is 5.69 Å². The first-order valence-electron chi connectivity index (χ1n) is 9.57. The number of carbonyl (C=O) groups excluding carboxylic acids is 1. The molecule has 0 N–H and O–H groups in total. The van der Waals surface area contributed by atoms with E-state index in [2.05, 4.69) is 25.1 Å². The van der Waals surface area contributed by atoms with Gasteiger partial charge in [0, 0.05) is 12.2 Å². The first-order chi connectivity index (χ1) is 13.2. The van der Waals surface area contributed by atoms with Crippen LogP contribution in [-0.4, -0.2) is 30.6 Å². The van der Waals surface area contributed by atoms with Crippen LogP contribution in [0, 0.1) is 0 Å². The van der Waals surface area contributed by atoms with Crippen molar-refractivity contribution in [3.63, 3.8) is 0 Å². The van der Waals surface area contributed by atoms with E-state index in [0.29, 0.717) is 10.5 Å². The van der Waals surface area contributed by atoms with Crippen LogP contribution in [0.5, 0.6) is 5.75 Å². The van der Waals surface area contributed by atoms with Gasteiger partial charge in [0.25, 0.3) is 5.91 Å². The molecule has 1 fully saturated rings. The summed E-state index contributed by atoms with van der Waals surface area (Å²) in [6.45, 7) is 3.06. The van der Waals surface area contributed by atoms with Crippen LogP contribution in [0.3, 0.4) is 0 Å². The third kappa shape index (κ3) is 4.30. The summed E-state index contributed by atoms with van der Waals surface area (Å²) in [6, 6.07) is 16.5. The van der Waals surface area contributed by atoms with E-state index in [1.54, 1.807) is 0 Å². The van der Waals surface area contributed by atoms with Crippen molar-refractivity contribution in [2.45, 2.75) is 30.3 Å². The molecule has 5 heteroatoms. The minimum absolute atomic E-state index is 0.0248. The molecule has 1 unspecified atom stereocenters. The van der Waals surface area contributed by atoms with Gasteiger partial charge in [0.05, 0.1) is 4.58 Å². The van der Waals surface area contributed by atoms with Crippen molar-refractivity contribution in [3.8, 4) is 5.75 Å². The van der Waals surface area contributed by atoms with E-state index in [4.69, 9.17) is 4.74 Å². The maximum atomic E-state index is 12.7. The van der Waals surface area contributed by atoms with Crippen LogP contribution in [0.15, 0.2) is 48.5 Å². The Morgan fingerprint density at radius 1 is 1.11 bits per heavy atom. The minimum atomic E-state index is 0.0248. The van der Waals surface area contributed by atoms with Crippen LogP contribution < -0.4 is 9.64 Å². The highest BCUT2D eigenvalue weighted by atomic mass is 32.2. The molecule has 2 aromatic rings. The largest absolute Gasteiger partial charge is 0.484 e. The summed E-state index contributed by atoms with van der Waals surface area (Å²) in [7, 11) is 0. The molecule has 1 atom stereocenters. The van der Waals surface area contributed by atoms with Crippen molar-refractivity contribution in [2.75, 3.05) is 29.6 Å². The zero-order valence-corrected chi connectivity index (χ0v) is 17.2. The molecule has 0 aromatic heterocycles. The van der Waals surface area contributed by atoms with Gasteiger partial charge in [0.1, 0.15) is 5.75 Å². The molecule has 3 nitrogen and oxygen atoms in total.